The largest absolute Gasteiger partial charge is 0.416 e. The van der Waals surface area contributed by atoms with E-state index in [1.165, 1.54) is 12.1 Å². The molecule has 6 N–H and O–H groups in total. The van der Waals surface area contributed by atoms with Crippen LogP contribution < -0.4 is 22.5 Å². The van der Waals surface area contributed by atoms with E-state index in [1.54, 1.807) is 54.6 Å². The van der Waals surface area contributed by atoms with Gasteiger partial charge >= 0.3 is 6.18 Å². The van der Waals surface area contributed by atoms with Crippen LogP contribution in [0.4, 0.5) is 13.2 Å². The highest BCUT2D eigenvalue weighted by Crippen LogP contribution is 2.31. The Bertz CT molecular complexity index is 1080. The Labute approximate surface area is 181 Å². The van der Waals surface area contributed by atoms with Gasteiger partial charge in [0.2, 0.25) is 0 Å². The van der Waals surface area contributed by atoms with Gasteiger partial charge in [-0.15, -0.1) is 0 Å². The summed E-state index contributed by atoms with van der Waals surface area (Å²) in [4.78, 5) is 23.4. The van der Waals surface area contributed by atoms with Gasteiger partial charge < -0.3 is 0 Å². The fourth-order valence-electron chi connectivity index (χ4n) is 3.04. The molecule has 2 amide bonds. The number of carbonyl (C=O) groups is 2. The summed E-state index contributed by atoms with van der Waals surface area (Å²) in [6, 6.07) is 17.8. The van der Waals surface area contributed by atoms with E-state index in [-0.39, 0.29) is 0 Å². The van der Waals surface area contributed by atoms with Crippen LogP contribution in [-0.4, -0.2) is 11.8 Å². The Balaban J connectivity index is 2.06. The van der Waals surface area contributed by atoms with E-state index in [1.807, 2.05) is 10.9 Å². The summed E-state index contributed by atoms with van der Waals surface area (Å²) in [5.74, 6) is 9.40. The molecule has 0 atom stereocenters. The van der Waals surface area contributed by atoms with Crippen molar-refractivity contribution in [1.29, 1.82) is 0 Å². The molecule has 0 radical (unpaired) electrons. The molecule has 0 aliphatic rings. The molecule has 0 aromatic heterocycles. The zero-order chi connectivity index (χ0) is 23.3. The molecule has 164 valence electrons. The fraction of sp³-hybridized carbons (Fsp3) is 0.0435. The molecule has 0 saturated heterocycles. The molecule has 32 heavy (non-hydrogen) atoms. The number of amides is 2. The van der Waals surface area contributed by atoms with E-state index < -0.39 is 23.6 Å². The van der Waals surface area contributed by atoms with Crippen LogP contribution in [0.3, 0.4) is 0 Å². The predicted molar refractivity (Wildman–Crippen MR) is 115 cm³/mol. The second kappa shape index (κ2) is 9.46. The molecule has 3 rings (SSSR count). The lowest BCUT2D eigenvalue weighted by molar-refractivity contribution is -0.137. The van der Waals surface area contributed by atoms with Crippen molar-refractivity contribution < 1.29 is 22.8 Å². The molecular weight excluding hydrogens is 421 g/mol. The molecule has 0 saturated carbocycles. The van der Waals surface area contributed by atoms with Crippen LogP contribution in [0.25, 0.3) is 11.6 Å². The molecule has 0 aliphatic heterocycles. The minimum atomic E-state index is -4.43. The maximum atomic E-state index is 12.9. The maximum absolute atomic E-state index is 12.9. The highest BCUT2D eigenvalue weighted by atomic mass is 19.4. The first-order valence-corrected chi connectivity index (χ1v) is 9.34. The van der Waals surface area contributed by atoms with Crippen LogP contribution in [0.15, 0.2) is 72.8 Å². The highest BCUT2D eigenvalue weighted by Gasteiger charge is 2.29. The molecule has 0 unspecified atom stereocenters. The number of nitrogens with one attached hydrogen (secondary N) is 2. The molecule has 0 bridgehead atoms. The van der Waals surface area contributed by atoms with Crippen molar-refractivity contribution >= 4 is 23.5 Å². The number of nitrogens with two attached hydrogens (primary N) is 2. The van der Waals surface area contributed by atoms with Gasteiger partial charge in [-0.25, -0.2) is 11.7 Å². The number of carbonyl (C=O) groups excluding carboxylic acids is 2. The highest BCUT2D eigenvalue weighted by molar-refractivity contribution is 5.97. The summed E-state index contributed by atoms with van der Waals surface area (Å²) in [6.45, 7) is 0. The van der Waals surface area contributed by atoms with Gasteiger partial charge in [0, 0.05) is 11.1 Å². The number of hydrazine groups is 2. The maximum Gasteiger partial charge on any atom is 0.416 e. The molecule has 9 heteroatoms. The zero-order valence-corrected chi connectivity index (χ0v) is 16.6. The third kappa shape index (κ3) is 5.20. The van der Waals surface area contributed by atoms with Gasteiger partial charge in [0.1, 0.15) is 0 Å². The van der Waals surface area contributed by atoms with Crippen molar-refractivity contribution in [3.05, 3.63) is 106 Å². The molecule has 3 aromatic carbocycles. The topological polar surface area (TPSA) is 110 Å². The molecular formula is C23H19F3N4O2. The first-order valence-electron chi connectivity index (χ1n) is 9.34. The van der Waals surface area contributed by atoms with Crippen LogP contribution in [0.1, 0.15) is 43.0 Å². The monoisotopic (exact) mass is 440 g/mol. The number of hydrogen-bond acceptors (Lipinski definition) is 4. The minimum Gasteiger partial charge on any atom is -0.290 e. The number of hydrogen-bond donors (Lipinski definition) is 4. The van der Waals surface area contributed by atoms with E-state index in [0.29, 0.717) is 33.4 Å². The van der Waals surface area contributed by atoms with Crippen LogP contribution in [0.2, 0.25) is 0 Å². The fourth-order valence-corrected chi connectivity index (χ4v) is 3.04. The average molecular weight is 440 g/mol. The Kier molecular flexibility index (Phi) is 6.72. The molecule has 6 nitrogen and oxygen atoms in total. The number of nitrogen functional groups attached to an aromatic ring is 2. The Hall–Kier alpha value is -3.95. The van der Waals surface area contributed by atoms with E-state index >= 15 is 0 Å². The lowest BCUT2D eigenvalue weighted by atomic mass is 9.94. The van der Waals surface area contributed by atoms with Gasteiger partial charge in [0.25, 0.3) is 11.8 Å². The van der Waals surface area contributed by atoms with E-state index in [9.17, 15) is 22.8 Å². The lowest BCUT2D eigenvalue weighted by Crippen LogP contribution is -2.29. The summed E-state index contributed by atoms with van der Waals surface area (Å²) < 4.78 is 38.6. The van der Waals surface area contributed by atoms with Crippen molar-refractivity contribution in [3.63, 3.8) is 0 Å². The third-order valence-corrected chi connectivity index (χ3v) is 4.73. The molecule has 0 heterocycles. The Morgan fingerprint density at radius 2 is 1.03 bits per heavy atom. The van der Waals surface area contributed by atoms with Crippen LogP contribution >= 0.6 is 0 Å². The molecule has 3 aromatic rings. The number of benzene rings is 3. The zero-order valence-electron chi connectivity index (χ0n) is 16.6. The summed E-state index contributed by atoms with van der Waals surface area (Å²) in [6.07, 6.45) is -2.71. The van der Waals surface area contributed by atoms with Crippen molar-refractivity contribution in [1.82, 2.24) is 10.9 Å². The van der Waals surface area contributed by atoms with Crippen molar-refractivity contribution in [2.75, 3.05) is 0 Å². The number of halogens is 3. The van der Waals surface area contributed by atoms with E-state index in [0.717, 1.165) is 12.1 Å². The van der Waals surface area contributed by atoms with Gasteiger partial charge in [0.15, 0.2) is 0 Å². The Morgan fingerprint density at radius 1 is 0.656 bits per heavy atom. The van der Waals surface area contributed by atoms with E-state index in [4.69, 9.17) is 11.7 Å². The summed E-state index contributed by atoms with van der Waals surface area (Å²) >= 11 is 0. The first kappa shape index (κ1) is 22.7. The number of rotatable bonds is 5. The molecule has 0 aliphatic carbocycles. The van der Waals surface area contributed by atoms with Gasteiger partial charge in [-0.2, -0.15) is 13.2 Å². The average Bonchev–Trinajstić information content (AvgIpc) is 2.81. The molecule has 0 spiro atoms. The normalized spacial score (nSPS) is 10.9. The van der Waals surface area contributed by atoms with Gasteiger partial charge in [0.05, 0.1) is 5.56 Å². The molecule has 0 fully saturated rings. The second-order valence-electron chi connectivity index (χ2n) is 6.78. The van der Waals surface area contributed by atoms with Crippen molar-refractivity contribution in [2.24, 2.45) is 11.7 Å². The lowest BCUT2D eigenvalue weighted by Gasteiger charge is -2.12. The summed E-state index contributed by atoms with van der Waals surface area (Å²) in [7, 11) is 0. The quantitative estimate of drug-likeness (QED) is 0.211. The minimum absolute atomic E-state index is 0.347. The SMILES string of the molecule is NNC(=O)c1ccc(C(=Cc2ccc(C(F)(F)F)cc2)c2ccc(C(=O)NN)cc2)cc1. The summed E-state index contributed by atoms with van der Waals surface area (Å²) in [5.41, 5.74) is 6.66. The van der Waals surface area contributed by atoms with Crippen LogP contribution in [0, 0.1) is 0 Å². The Morgan fingerprint density at radius 3 is 1.38 bits per heavy atom. The van der Waals surface area contributed by atoms with E-state index in [2.05, 4.69) is 0 Å². The van der Waals surface area contributed by atoms with Crippen LogP contribution in [-0.2, 0) is 6.18 Å². The van der Waals surface area contributed by atoms with Gasteiger partial charge in [-0.3, -0.25) is 20.4 Å². The second-order valence-corrected chi connectivity index (χ2v) is 6.78. The summed E-state index contributed by atoms with van der Waals surface area (Å²) in [5, 5.41) is 0. The van der Waals surface area contributed by atoms with Gasteiger partial charge in [-0.05, 0) is 64.7 Å². The smallest absolute Gasteiger partial charge is 0.290 e. The van der Waals surface area contributed by atoms with Crippen molar-refractivity contribution in [2.45, 2.75) is 6.18 Å². The van der Waals surface area contributed by atoms with Crippen LogP contribution in [0.5, 0.6) is 0 Å². The van der Waals surface area contributed by atoms with Crippen molar-refractivity contribution in [3.8, 4) is 0 Å². The first-order chi connectivity index (χ1) is 15.2. The third-order valence-electron chi connectivity index (χ3n) is 4.73. The predicted octanol–water partition coefficient (Wildman–Crippen LogP) is 3.50. The number of alkyl halides is 3. The standard InChI is InChI=1S/C23H19F3N4O2/c24-23(25,26)19-11-1-14(2-12-19)13-20(15-3-7-17(8-4-15)21(31)29-27)16-5-9-18(10-6-16)22(32)30-28/h1-13H,27-28H2,(H,29,31)(H,30,32). The van der Waals surface area contributed by atoms with Gasteiger partial charge in [-0.1, -0.05) is 36.4 Å².